The Hall–Kier alpha value is -0.0300. The molecule has 0 bridgehead atoms. The fourth-order valence-electron chi connectivity index (χ4n) is 2.31. The third-order valence-corrected chi connectivity index (χ3v) is 3.86. The zero-order valence-corrected chi connectivity index (χ0v) is 10.8. The largest absolute Gasteiger partial charge is 0.329 e. The Labute approximate surface area is 99.9 Å². The third kappa shape index (κ3) is 2.14. The number of fused-ring (bicyclic) bond motifs is 1. The number of nitrogens with zero attached hydrogens (tertiary/aromatic N) is 1. The molecule has 1 heterocycles. The fraction of sp³-hybridized carbons (Fsp3) is 0.636. The predicted octanol–water partition coefficient (Wildman–Crippen LogP) is 2.48. The molecule has 0 spiro atoms. The van der Waals surface area contributed by atoms with Gasteiger partial charge < -0.3 is 8.43 Å². The van der Waals surface area contributed by atoms with Crippen LogP contribution in [0.15, 0.2) is 23.4 Å². The van der Waals surface area contributed by atoms with Crippen molar-refractivity contribution in [2.24, 2.45) is 5.92 Å². The smallest absolute Gasteiger partial charge is 0.0560 e. The lowest BCUT2D eigenvalue weighted by Crippen LogP contribution is -2.37. The molecule has 2 nitrogen and oxygen atoms in total. The summed E-state index contributed by atoms with van der Waals surface area (Å²) in [5, 5.41) is 0. The Morgan fingerprint density at radius 1 is 1.64 bits per heavy atom. The molecular weight excluding hydrogens is 287 g/mol. The molecule has 0 radical (unpaired) electrons. The van der Waals surface area contributed by atoms with Gasteiger partial charge in [0, 0.05) is 18.8 Å². The molecule has 0 aromatic carbocycles. The number of halogens is 1. The molecule has 1 aliphatic heterocycles. The van der Waals surface area contributed by atoms with Crippen LogP contribution in [0.1, 0.15) is 19.8 Å². The van der Waals surface area contributed by atoms with Gasteiger partial charge in [0.25, 0.3) is 0 Å². The topological polar surface area (TPSA) is 15.3 Å². The van der Waals surface area contributed by atoms with Gasteiger partial charge >= 0.3 is 0 Å². The van der Waals surface area contributed by atoms with E-state index in [9.17, 15) is 0 Å². The molecule has 14 heavy (non-hydrogen) atoms. The SMILES string of the molecule is CCN1CCC2=CC(NI)=CCC2C1. The van der Waals surface area contributed by atoms with Crippen molar-refractivity contribution in [3.63, 3.8) is 0 Å². The lowest BCUT2D eigenvalue weighted by molar-refractivity contribution is 0.223. The van der Waals surface area contributed by atoms with E-state index in [4.69, 9.17) is 0 Å². The molecule has 2 aliphatic rings. The molecular formula is C11H17IN2. The number of likely N-dealkylation sites (tertiary alicyclic amines) is 1. The van der Waals surface area contributed by atoms with Crippen LogP contribution in [-0.2, 0) is 0 Å². The molecule has 0 saturated carbocycles. The van der Waals surface area contributed by atoms with Gasteiger partial charge in [0.15, 0.2) is 0 Å². The molecule has 0 aromatic heterocycles. The van der Waals surface area contributed by atoms with Gasteiger partial charge in [-0.25, -0.2) is 0 Å². The summed E-state index contributed by atoms with van der Waals surface area (Å²) in [6.45, 7) is 5.96. The van der Waals surface area contributed by atoms with Gasteiger partial charge in [-0.15, -0.1) is 0 Å². The Bertz CT molecular complexity index is 270. The molecule has 1 N–H and O–H groups in total. The Balaban J connectivity index is 2.04. The fourth-order valence-corrected chi connectivity index (χ4v) is 2.68. The molecule has 1 atom stereocenters. The van der Waals surface area contributed by atoms with E-state index >= 15 is 0 Å². The summed E-state index contributed by atoms with van der Waals surface area (Å²) < 4.78 is 3.20. The second-order valence-corrected chi connectivity index (χ2v) is 4.59. The lowest BCUT2D eigenvalue weighted by atomic mass is 9.85. The van der Waals surface area contributed by atoms with Crippen LogP contribution in [0.3, 0.4) is 0 Å². The molecule has 1 aliphatic carbocycles. The minimum atomic E-state index is 0.789. The first-order chi connectivity index (χ1) is 6.83. The first-order valence-corrected chi connectivity index (χ1v) is 6.41. The van der Waals surface area contributed by atoms with Crippen molar-refractivity contribution in [1.29, 1.82) is 0 Å². The highest BCUT2D eigenvalue weighted by Crippen LogP contribution is 2.30. The van der Waals surface area contributed by atoms with Crippen LogP contribution in [-0.4, -0.2) is 24.5 Å². The van der Waals surface area contributed by atoms with Crippen LogP contribution in [0, 0.1) is 5.92 Å². The zero-order chi connectivity index (χ0) is 9.97. The molecule has 0 amide bonds. The molecule has 1 saturated heterocycles. The van der Waals surface area contributed by atoms with E-state index in [1.807, 2.05) is 0 Å². The van der Waals surface area contributed by atoms with Crippen LogP contribution < -0.4 is 3.53 Å². The highest BCUT2D eigenvalue weighted by atomic mass is 127. The van der Waals surface area contributed by atoms with Crippen molar-refractivity contribution in [2.75, 3.05) is 19.6 Å². The van der Waals surface area contributed by atoms with Crippen molar-refractivity contribution < 1.29 is 0 Å². The van der Waals surface area contributed by atoms with Gasteiger partial charge in [0.2, 0.25) is 0 Å². The van der Waals surface area contributed by atoms with E-state index < -0.39 is 0 Å². The predicted molar refractivity (Wildman–Crippen MR) is 68.2 cm³/mol. The number of hydrogen-bond donors (Lipinski definition) is 1. The van der Waals surface area contributed by atoms with Crippen LogP contribution in [0.5, 0.6) is 0 Å². The maximum atomic E-state index is 3.20. The number of piperidine rings is 1. The standard InChI is InChI=1S/C11H17IN2/c1-2-14-6-5-9-7-11(13-12)4-3-10(9)8-14/h4,7,10,13H,2-3,5-6,8H2,1H3. The monoisotopic (exact) mass is 304 g/mol. The van der Waals surface area contributed by atoms with Crippen LogP contribution in [0.25, 0.3) is 0 Å². The second-order valence-electron chi connectivity index (χ2n) is 4.05. The summed E-state index contributed by atoms with van der Waals surface area (Å²) in [7, 11) is 0. The molecule has 2 rings (SSSR count). The highest BCUT2D eigenvalue weighted by Gasteiger charge is 2.24. The summed E-state index contributed by atoms with van der Waals surface area (Å²) in [4.78, 5) is 2.55. The van der Waals surface area contributed by atoms with E-state index in [1.165, 1.54) is 38.2 Å². The first-order valence-electron chi connectivity index (χ1n) is 5.33. The van der Waals surface area contributed by atoms with Gasteiger partial charge in [-0.2, -0.15) is 0 Å². The van der Waals surface area contributed by atoms with Crippen molar-refractivity contribution in [3.05, 3.63) is 23.4 Å². The van der Waals surface area contributed by atoms with Crippen LogP contribution in [0.2, 0.25) is 0 Å². The van der Waals surface area contributed by atoms with E-state index in [0.29, 0.717) is 0 Å². The summed E-state index contributed by atoms with van der Waals surface area (Å²) in [6.07, 6.45) is 7.13. The van der Waals surface area contributed by atoms with Crippen LogP contribution in [0.4, 0.5) is 0 Å². The van der Waals surface area contributed by atoms with Gasteiger partial charge in [-0.1, -0.05) is 18.6 Å². The molecule has 1 unspecified atom stereocenters. The van der Waals surface area contributed by atoms with Crippen molar-refractivity contribution in [2.45, 2.75) is 19.8 Å². The van der Waals surface area contributed by atoms with Crippen molar-refractivity contribution in [1.82, 2.24) is 8.43 Å². The Morgan fingerprint density at radius 3 is 3.21 bits per heavy atom. The number of hydrogen-bond acceptors (Lipinski definition) is 2. The van der Waals surface area contributed by atoms with Crippen molar-refractivity contribution >= 4 is 22.9 Å². The van der Waals surface area contributed by atoms with E-state index in [2.05, 4.69) is 50.4 Å². The van der Waals surface area contributed by atoms with Crippen molar-refractivity contribution in [3.8, 4) is 0 Å². The van der Waals surface area contributed by atoms with Gasteiger partial charge in [0.1, 0.15) is 0 Å². The molecule has 1 fully saturated rings. The lowest BCUT2D eigenvalue weighted by Gasteiger charge is -2.35. The minimum absolute atomic E-state index is 0.789. The molecule has 78 valence electrons. The number of nitrogens with one attached hydrogen (secondary N) is 1. The number of allylic oxidation sites excluding steroid dienone is 2. The van der Waals surface area contributed by atoms with Gasteiger partial charge in [0.05, 0.1) is 22.9 Å². The normalized spacial score (nSPS) is 27.7. The van der Waals surface area contributed by atoms with Crippen LogP contribution >= 0.6 is 22.9 Å². The molecule has 0 aromatic rings. The first kappa shape index (κ1) is 10.5. The minimum Gasteiger partial charge on any atom is -0.329 e. The summed E-state index contributed by atoms with van der Waals surface area (Å²) in [5.74, 6) is 0.789. The Kier molecular flexibility index (Phi) is 3.49. The van der Waals surface area contributed by atoms with Gasteiger partial charge in [-0.3, -0.25) is 0 Å². The maximum Gasteiger partial charge on any atom is 0.0560 e. The average Bonchev–Trinajstić information content (AvgIpc) is 2.27. The second kappa shape index (κ2) is 4.66. The highest BCUT2D eigenvalue weighted by molar-refractivity contribution is 14.1. The average molecular weight is 304 g/mol. The summed E-state index contributed by atoms with van der Waals surface area (Å²) >= 11 is 2.21. The van der Waals surface area contributed by atoms with E-state index in [0.717, 1.165) is 5.92 Å². The third-order valence-electron chi connectivity index (χ3n) is 3.24. The summed E-state index contributed by atoms with van der Waals surface area (Å²) in [6, 6.07) is 0. The molecule has 3 heteroatoms. The summed E-state index contributed by atoms with van der Waals surface area (Å²) in [5.41, 5.74) is 2.94. The number of rotatable bonds is 2. The Morgan fingerprint density at radius 2 is 2.50 bits per heavy atom. The van der Waals surface area contributed by atoms with E-state index in [-0.39, 0.29) is 0 Å². The van der Waals surface area contributed by atoms with E-state index in [1.54, 1.807) is 5.57 Å². The maximum absolute atomic E-state index is 3.20. The zero-order valence-electron chi connectivity index (χ0n) is 8.59. The quantitative estimate of drug-likeness (QED) is 0.623. The van der Waals surface area contributed by atoms with Gasteiger partial charge in [-0.05, 0) is 31.4 Å².